The molecule has 0 aliphatic heterocycles. The largest absolute Gasteiger partial charge is 0.254 e. The van der Waals surface area contributed by atoms with Crippen LogP contribution in [0.3, 0.4) is 0 Å². The predicted octanol–water partition coefficient (Wildman–Crippen LogP) is 13.1. The summed E-state index contributed by atoms with van der Waals surface area (Å²) in [5.41, 5.74) is 14.1. The standard InChI is InChI=1S/C54H36N6/c1-6-16-37(17-7-1)45-32-48(40-20-10-3-11-21-40)56-50(34-45)51-35-46(38-18-8-2-9-19-38)33-49(57-51)47-31-30-44(36-55-47)39-26-28-43(29-27-39)54-59-52(41-22-12-4-13-23-41)58-53(60-54)42-24-14-5-15-25-42/h1-36H. The molecule has 6 heteroatoms. The van der Waals surface area contributed by atoms with Gasteiger partial charge in [-0.15, -0.1) is 0 Å². The first kappa shape index (κ1) is 36.1. The molecular formula is C54H36N6. The van der Waals surface area contributed by atoms with Crippen LogP contribution in [0, 0.1) is 0 Å². The Morgan fingerprint density at radius 1 is 0.200 bits per heavy atom. The molecular weight excluding hydrogens is 733 g/mol. The van der Waals surface area contributed by atoms with Gasteiger partial charge in [-0.2, -0.15) is 0 Å². The van der Waals surface area contributed by atoms with E-state index in [0.717, 1.165) is 84.1 Å². The molecule has 0 N–H and O–H groups in total. The molecule has 0 radical (unpaired) electrons. The first-order chi connectivity index (χ1) is 29.7. The van der Waals surface area contributed by atoms with Crippen LogP contribution in [0.25, 0.3) is 102 Å². The van der Waals surface area contributed by atoms with Crippen molar-refractivity contribution in [3.05, 3.63) is 219 Å². The number of nitrogens with zero attached hydrogens (tertiary/aromatic N) is 6. The minimum Gasteiger partial charge on any atom is -0.254 e. The predicted molar refractivity (Wildman–Crippen MR) is 242 cm³/mol. The number of aromatic nitrogens is 6. The quantitative estimate of drug-likeness (QED) is 0.145. The molecule has 0 amide bonds. The lowest BCUT2D eigenvalue weighted by atomic mass is 9.99. The molecule has 0 bridgehead atoms. The van der Waals surface area contributed by atoms with Gasteiger partial charge in [0.05, 0.1) is 28.5 Å². The minimum absolute atomic E-state index is 0.614. The van der Waals surface area contributed by atoms with E-state index in [9.17, 15) is 0 Å². The molecule has 6 nitrogen and oxygen atoms in total. The van der Waals surface area contributed by atoms with Gasteiger partial charge in [-0.3, -0.25) is 4.98 Å². The smallest absolute Gasteiger partial charge is 0.164 e. The monoisotopic (exact) mass is 768 g/mol. The average molecular weight is 769 g/mol. The molecule has 0 atom stereocenters. The Labute approximate surface area is 348 Å². The van der Waals surface area contributed by atoms with Crippen LogP contribution in [0.2, 0.25) is 0 Å². The highest BCUT2D eigenvalue weighted by molar-refractivity contribution is 5.80. The second kappa shape index (κ2) is 16.3. The zero-order chi connectivity index (χ0) is 40.1. The van der Waals surface area contributed by atoms with E-state index in [1.54, 1.807) is 0 Å². The Balaban J connectivity index is 1.00. The Morgan fingerprint density at radius 3 is 0.950 bits per heavy atom. The van der Waals surface area contributed by atoms with E-state index in [4.69, 9.17) is 29.9 Å². The fourth-order valence-electron chi connectivity index (χ4n) is 7.27. The highest BCUT2D eigenvalue weighted by atomic mass is 15.0. The summed E-state index contributed by atoms with van der Waals surface area (Å²) < 4.78 is 0. The molecule has 6 aromatic carbocycles. The highest BCUT2D eigenvalue weighted by Crippen LogP contribution is 2.34. The van der Waals surface area contributed by atoms with Crippen LogP contribution in [0.15, 0.2) is 219 Å². The molecule has 0 spiro atoms. The zero-order valence-electron chi connectivity index (χ0n) is 32.5. The fourth-order valence-corrected chi connectivity index (χ4v) is 7.27. The molecule has 282 valence electrons. The molecule has 10 rings (SSSR count). The molecule has 0 saturated carbocycles. The topological polar surface area (TPSA) is 77.3 Å². The maximum absolute atomic E-state index is 5.23. The van der Waals surface area contributed by atoms with Crippen molar-refractivity contribution in [3.8, 4) is 102 Å². The van der Waals surface area contributed by atoms with Crippen molar-refractivity contribution in [2.75, 3.05) is 0 Å². The van der Waals surface area contributed by atoms with Crippen LogP contribution < -0.4 is 0 Å². The third-order valence-corrected chi connectivity index (χ3v) is 10.4. The van der Waals surface area contributed by atoms with Gasteiger partial charge < -0.3 is 0 Å². The van der Waals surface area contributed by atoms with Gasteiger partial charge in [-0.25, -0.2) is 24.9 Å². The molecule has 0 aliphatic rings. The number of hydrogen-bond acceptors (Lipinski definition) is 6. The summed E-state index contributed by atoms with van der Waals surface area (Å²) in [6.45, 7) is 0. The minimum atomic E-state index is 0.614. The molecule has 10 aromatic rings. The number of rotatable bonds is 9. The van der Waals surface area contributed by atoms with Crippen LogP contribution in [0.1, 0.15) is 0 Å². The third-order valence-electron chi connectivity index (χ3n) is 10.4. The number of pyridine rings is 3. The maximum atomic E-state index is 5.23. The average Bonchev–Trinajstić information content (AvgIpc) is 3.35. The van der Waals surface area contributed by atoms with Gasteiger partial charge in [0.15, 0.2) is 17.5 Å². The van der Waals surface area contributed by atoms with Gasteiger partial charge in [0.2, 0.25) is 0 Å². The van der Waals surface area contributed by atoms with Crippen molar-refractivity contribution < 1.29 is 0 Å². The number of benzene rings is 6. The lowest BCUT2D eigenvalue weighted by Gasteiger charge is -2.13. The van der Waals surface area contributed by atoms with Crippen LogP contribution in [-0.2, 0) is 0 Å². The van der Waals surface area contributed by atoms with Gasteiger partial charge in [-0.05, 0) is 58.1 Å². The SMILES string of the molecule is c1ccc(-c2cc(-c3ccccc3)nc(-c3cc(-c4ccccc4)cc(-c4ccc(-c5ccc(-c6nc(-c7ccccc7)nc(-c7ccccc7)n6)cc5)cn4)n3)c2)cc1. The fraction of sp³-hybridized carbons (Fsp3) is 0. The summed E-state index contributed by atoms with van der Waals surface area (Å²) >= 11 is 0. The van der Waals surface area contributed by atoms with E-state index in [2.05, 4.69) is 115 Å². The summed E-state index contributed by atoms with van der Waals surface area (Å²) in [7, 11) is 0. The summed E-state index contributed by atoms with van der Waals surface area (Å²) in [5, 5.41) is 0. The molecule has 4 aromatic heterocycles. The van der Waals surface area contributed by atoms with Crippen molar-refractivity contribution in [1.29, 1.82) is 0 Å². The number of hydrogen-bond donors (Lipinski definition) is 0. The highest BCUT2D eigenvalue weighted by Gasteiger charge is 2.16. The molecule has 0 aliphatic carbocycles. The first-order valence-corrected chi connectivity index (χ1v) is 19.9. The van der Waals surface area contributed by atoms with E-state index in [1.807, 2.05) is 103 Å². The summed E-state index contributed by atoms with van der Waals surface area (Å²) in [6, 6.07) is 72.0. The van der Waals surface area contributed by atoms with E-state index in [0.29, 0.717) is 17.5 Å². The van der Waals surface area contributed by atoms with E-state index in [1.165, 1.54) is 0 Å². The Bertz CT molecular complexity index is 2920. The lowest BCUT2D eigenvalue weighted by Crippen LogP contribution is -2.00. The van der Waals surface area contributed by atoms with Crippen molar-refractivity contribution in [3.63, 3.8) is 0 Å². The van der Waals surface area contributed by atoms with E-state index < -0.39 is 0 Å². The molecule has 4 heterocycles. The van der Waals surface area contributed by atoms with Crippen LogP contribution in [-0.4, -0.2) is 29.9 Å². The Morgan fingerprint density at radius 2 is 0.517 bits per heavy atom. The van der Waals surface area contributed by atoms with Crippen molar-refractivity contribution >= 4 is 0 Å². The molecule has 0 saturated heterocycles. The molecule has 60 heavy (non-hydrogen) atoms. The van der Waals surface area contributed by atoms with E-state index in [-0.39, 0.29) is 0 Å². The van der Waals surface area contributed by atoms with Crippen LogP contribution in [0.4, 0.5) is 0 Å². The van der Waals surface area contributed by atoms with E-state index >= 15 is 0 Å². The second-order valence-electron chi connectivity index (χ2n) is 14.4. The Hall–Kier alpha value is -8.22. The van der Waals surface area contributed by atoms with Crippen molar-refractivity contribution in [1.82, 2.24) is 29.9 Å². The van der Waals surface area contributed by atoms with Crippen LogP contribution in [0.5, 0.6) is 0 Å². The normalized spacial score (nSPS) is 11.0. The molecule has 0 fully saturated rings. The van der Waals surface area contributed by atoms with Gasteiger partial charge in [0.25, 0.3) is 0 Å². The summed E-state index contributed by atoms with van der Waals surface area (Å²) in [6.07, 6.45) is 1.91. The van der Waals surface area contributed by atoms with Crippen LogP contribution >= 0.6 is 0 Å². The summed E-state index contributed by atoms with van der Waals surface area (Å²) in [5.74, 6) is 1.88. The van der Waals surface area contributed by atoms with Crippen molar-refractivity contribution in [2.24, 2.45) is 0 Å². The van der Waals surface area contributed by atoms with Gasteiger partial charge in [-0.1, -0.05) is 182 Å². The van der Waals surface area contributed by atoms with Crippen molar-refractivity contribution in [2.45, 2.75) is 0 Å². The van der Waals surface area contributed by atoms with Gasteiger partial charge in [0, 0.05) is 34.0 Å². The maximum Gasteiger partial charge on any atom is 0.164 e. The van der Waals surface area contributed by atoms with Gasteiger partial charge in [0.1, 0.15) is 0 Å². The summed E-state index contributed by atoms with van der Waals surface area (Å²) in [4.78, 5) is 30.0. The lowest BCUT2D eigenvalue weighted by molar-refractivity contribution is 1.07. The second-order valence-corrected chi connectivity index (χ2v) is 14.4. The Kier molecular flexibility index (Phi) is 9.84. The zero-order valence-corrected chi connectivity index (χ0v) is 32.5. The molecule has 0 unspecified atom stereocenters. The third kappa shape index (κ3) is 7.73. The van der Waals surface area contributed by atoms with Gasteiger partial charge >= 0.3 is 0 Å². The first-order valence-electron chi connectivity index (χ1n) is 19.9.